The topological polar surface area (TPSA) is 67.8 Å². The maximum absolute atomic E-state index is 12.3. The van der Waals surface area contributed by atoms with Gasteiger partial charge in [0, 0.05) is 51.2 Å². The third-order valence-electron chi connectivity index (χ3n) is 5.16. The number of nitrogens with zero attached hydrogens (tertiary/aromatic N) is 3. The van der Waals surface area contributed by atoms with Crippen LogP contribution in [0, 0.1) is 0 Å². The normalized spacial score (nSPS) is 21.1. The Morgan fingerprint density at radius 2 is 1.93 bits per heavy atom. The molecule has 0 amide bonds. The lowest BCUT2D eigenvalue weighted by Crippen LogP contribution is -2.33. The molecule has 27 heavy (non-hydrogen) atoms. The first kappa shape index (κ1) is 18.0. The van der Waals surface area contributed by atoms with Gasteiger partial charge in [-0.3, -0.25) is 9.19 Å². The van der Waals surface area contributed by atoms with Crippen LogP contribution in [-0.4, -0.2) is 36.2 Å². The average molecular weight is 381 g/mol. The van der Waals surface area contributed by atoms with E-state index in [4.69, 9.17) is 9.97 Å². The van der Waals surface area contributed by atoms with E-state index in [0.717, 1.165) is 53.7 Å². The van der Waals surface area contributed by atoms with Crippen molar-refractivity contribution >= 4 is 27.5 Å². The third kappa shape index (κ3) is 4.00. The number of pyridine rings is 1. The second-order valence-corrected chi connectivity index (χ2v) is 8.95. The first-order valence-corrected chi connectivity index (χ1v) is 10.9. The molecule has 0 saturated heterocycles. The number of hydrogen-bond donors (Lipinski definition) is 1. The number of hydrogen-bond acceptors (Lipinski definition) is 5. The molecule has 0 aliphatic heterocycles. The molecule has 0 spiro atoms. The van der Waals surface area contributed by atoms with Crippen LogP contribution in [0.2, 0.25) is 0 Å². The van der Waals surface area contributed by atoms with Gasteiger partial charge in [0.15, 0.2) is 5.82 Å². The fourth-order valence-corrected chi connectivity index (χ4v) is 5.11. The molecule has 3 unspecified atom stereocenters. The Labute approximate surface area is 162 Å². The molecule has 2 heterocycles. The van der Waals surface area contributed by atoms with Crippen LogP contribution in [0.5, 0.6) is 0 Å². The van der Waals surface area contributed by atoms with E-state index < -0.39 is 10.8 Å². The predicted molar refractivity (Wildman–Crippen MR) is 111 cm³/mol. The average Bonchev–Trinajstić information content (AvgIpc) is 2.74. The molecule has 1 aliphatic carbocycles. The van der Waals surface area contributed by atoms with Crippen molar-refractivity contribution in [3.8, 4) is 11.4 Å². The van der Waals surface area contributed by atoms with Crippen molar-refractivity contribution in [2.45, 2.75) is 43.9 Å². The SMILES string of the molecule is CCS(=O)C1CCCC(Nc2nc(-c3ccncc3)nc3ccccc23)C1. The maximum atomic E-state index is 12.3. The summed E-state index contributed by atoms with van der Waals surface area (Å²) in [5.74, 6) is 2.29. The smallest absolute Gasteiger partial charge is 0.162 e. The van der Waals surface area contributed by atoms with Crippen LogP contribution in [0.15, 0.2) is 48.8 Å². The van der Waals surface area contributed by atoms with Gasteiger partial charge in [-0.15, -0.1) is 0 Å². The molecule has 1 fully saturated rings. The van der Waals surface area contributed by atoms with E-state index >= 15 is 0 Å². The van der Waals surface area contributed by atoms with E-state index in [-0.39, 0.29) is 5.25 Å². The third-order valence-corrected chi connectivity index (χ3v) is 6.91. The number of nitrogens with one attached hydrogen (secondary N) is 1. The van der Waals surface area contributed by atoms with Crippen molar-refractivity contribution in [1.82, 2.24) is 15.0 Å². The van der Waals surface area contributed by atoms with Crippen molar-refractivity contribution < 1.29 is 4.21 Å². The van der Waals surface area contributed by atoms with Gasteiger partial charge in [-0.1, -0.05) is 25.5 Å². The van der Waals surface area contributed by atoms with Gasteiger partial charge >= 0.3 is 0 Å². The van der Waals surface area contributed by atoms with Gasteiger partial charge in [-0.2, -0.15) is 0 Å². The monoisotopic (exact) mass is 380 g/mol. The van der Waals surface area contributed by atoms with Gasteiger partial charge < -0.3 is 5.32 Å². The Balaban J connectivity index is 1.67. The summed E-state index contributed by atoms with van der Waals surface area (Å²) >= 11 is 0. The fraction of sp³-hybridized carbons (Fsp3) is 0.381. The molecule has 140 valence electrons. The van der Waals surface area contributed by atoms with Gasteiger partial charge in [0.1, 0.15) is 5.82 Å². The Morgan fingerprint density at radius 1 is 1.11 bits per heavy atom. The Morgan fingerprint density at radius 3 is 2.74 bits per heavy atom. The van der Waals surface area contributed by atoms with Crippen molar-refractivity contribution in [2.75, 3.05) is 11.1 Å². The highest BCUT2D eigenvalue weighted by molar-refractivity contribution is 7.85. The molecular weight excluding hydrogens is 356 g/mol. The molecule has 1 N–H and O–H groups in total. The number of para-hydroxylation sites is 1. The largest absolute Gasteiger partial charge is 0.367 e. The summed E-state index contributed by atoms with van der Waals surface area (Å²) < 4.78 is 12.3. The number of fused-ring (bicyclic) bond motifs is 1. The standard InChI is InChI=1S/C21H24N4OS/c1-2-27(26)17-7-5-6-16(14-17)23-21-18-8-3-4-9-19(18)24-20(25-21)15-10-12-22-13-11-15/h3-4,8-13,16-17H,2,5-7,14H2,1H3,(H,23,24,25). The zero-order chi connectivity index (χ0) is 18.6. The predicted octanol–water partition coefficient (Wildman–Crippen LogP) is 4.18. The van der Waals surface area contributed by atoms with E-state index in [1.807, 2.05) is 37.3 Å². The summed E-state index contributed by atoms with van der Waals surface area (Å²) in [6.45, 7) is 2.01. The Kier molecular flexibility index (Phi) is 5.43. The number of aromatic nitrogens is 3. The first-order chi connectivity index (χ1) is 13.2. The van der Waals surface area contributed by atoms with Crippen LogP contribution in [0.1, 0.15) is 32.6 Å². The molecule has 1 aliphatic rings. The Bertz CT molecular complexity index is 947. The second kappa shape index (κ2) is 8.13. The number of rotatable bonds is 5. The summed E-state index contributed by atoms with van der Waals surface area (Å²) in [6, 6.07) is 12.2. The second-order valence-electron chi connectivity index (χ2n) is 6.95. The minimum atomic E-state index is -0.733. The highest BCUT2D eigenvalue weighted by atomic mass is 32.2. The maximum Gasteiger partial charge on any atom is 0.162 e. The summed E-state index contributed by atoms with van der Waals surface area (Å²) in [7, 11) is -0.733. The molecule has 0 radical (unpaired) electrons. The van der Waals surface area contributed by atoms with Gasteiger partial charge in [0.2, 0.25) is 0 Å². The molecule has 1 saturated carbocycles. The first-order valence-electron chi connectivity index (χ1n) is 9.55. The molecule has 5 nitrogen and oxygen atoms in total. The summed E-state index contributed by atoms with van der Waals surface area (Å²) in [6.07, 6.45) is 7.70. The minimum Gasteiger partial charge on any atom is -0.367 e. The van der Waals surface area contributed by atoms with E-state index in [1.54, 1.807) is 12.4 Å². The van der Waals surface area contributed by atoms with Crippen LogP contribution < -0.4 is 5.32 Å². The molecule has 0 bridgehead atoms. The van der Waals surface area contributed by atoms with Gasteiger partial charge in [0.25, 0.3) is 0 Å². The van der Waals surface area contributed by atoms with Gasteiger partial charge in [-0.05, 0) is 43.5 Å². The number of anilines is 1. The number of benzene rings is 1. The molecule has 3 aromatic rings. The summed E-state index contributed by atoms with van der Waals surface area (Å²) in [4.78, 5) is 13.6. The van der Waals surface area contributed by atoms with Crippen molar-refractivity contribution in [3.05, 3.63) is 48.8 Å². The van der Waals surface area contributed by atoms with Gasteiger partial charge in [0.05, 0.1) is 5.52 Å². The van der Waals surface area contributed by atoms with Crippen molar-refractivity contribution in [2.24, 2.45) is 0 Å². The lowest BCUT2D eigenvalue weighted by Gasteiger charge is -2.29. The highest BCUT2D eigenvalue weighted by Crippen LogP contribution is 2.29. The quantitative estimate of drug-likeness (QED) is 0.719. The van der Waals surface area contributed by atoms with Crippen LogP contribution in [-0.2, 0) is 10.8 Å². The van der Waals surface area contributed by atoms with Crippen molar-refractivity contribution in [1.29, 1.82) is 0 Å². The van der Waals surface area contributed by atoms with Gasteiger partial charge in [-0.25, -0.2) is 9.97 Å². The summed E-state index contributed by atoms with van der Waals surface area (Å²) in [5, 5.41) is 4.95. The Hall–Kier alpha value is -2.34. The molecular formula is C21H24N4OS. The lowest BCUT2D eigenvalue weighted by atomic mass is 9.95. The van der Waals surface area contributed by atoms with Crippen LogP contribution in [0.25, 0.3) is 22.3 Å². The van der Waals surface area contributed by atoms with Crippen LogP contribution >= 0.6 is 0 Å². The fourth-order valence-electron chi connectivity index (χ4n) is 3.76. The molecule has 4 rings (SSSR count). The van der Waals surface area contributed by atoms with Crippen LogP contribution in [0.4, 0.5) is 5.82 Å². The molecule has 6 heteroatoms. The molecule has 3 atom stereocenters. The minimum absolute atomic E-state index is 0.286. The van der Waals surface area contributed by atoms with E-state index in [1.165, 1.54) is 0 Å². The lowest BCUT2D eigenvalue weighted by molar-refractivity contribution is 0.464. The molecule has 1 aromatic carbocycles. The zero-order valence-corrected chi connectivity index (χ0v) is 16.3. The van der Waals surface area contributed by atoms with E-state index in [2.05, 4.69) is 16.4 Å². The van der Waals surface area contributed by atoms with Crippen molar-refractivity contribution in [3.63, 3.8) is 0 Å². The molecule has 2 aromatic heterocycles. The van der Waals surface area contributed by atoms with E-state index in [9.17, 15) is 4.21 Å². The van der Waals surface area contributed by atoms with E-state index in [0.29, 0.717) is 11.9 Å². The van der Waals surface area contributed by atoms with Crippen LogP contribution in [0.3, 0.4) is 0 Å². The summed E-state index contributed by atoms with van der Waals surface area (Å²) in [5.41, 5.74) is 1.87. The highest BCUT2D eigenvalue weighted by Gasteiger charge is 2.26. The zero-order valence-electron chi connectivity index (χ0n) is 15.5.